The first-order valence-corrected chi connectivity index (χ1v) is 10.3. The Morgan fingerprint density at radius 1 is 1.46 bits per heavy atom. The van der Waals surface area contributed by atoms with Gasteiger partial charge in [-0.3, -0.25) is 9.36 Å². The van der Waals surface area contributed by atoms with Crippen molar-refractivity contribution in [3.05, 3.63) is 12.7 Å². The molecule has 0 aromatic carbocycles. The van der Waals surface area contributed by atoms with Gasteiger partial charge in [-0.15, -0.1) is 0 Å². The fourth-order valence-corrected chi connectivity index (χ4v) is 3.72. The second-order valence-electron chi connectivity index (χ2n) is 6.69. The molecule has 0 bridgehead atoms. The molecule has 28 heavy (non-hydrogen) atoms. The maximum atomic E-state index is 12.1. The van der Waals surface area contributed by atoms with Gasteiger partial charge in [0.1, 0.15) is 18.1 Å². The number of nitrogens with zero attached hydrogens (tertiary/aromatic N) is 4. The molecule has 0 spiro atoms. The van der Waals surface area contributed by atoms with Gasteiger partial charge >= 0.3 is 10.3 Å². The van der Waals surface area contributed by atoms with E-state index in [4.69, 9.17) is 14.7 Å². The first kappa shape index (κ1) is 20.4. The van der Waals surface area contributed by atoms with Crippen LogP contribution in [0.2, 0.25) is 0 Å². The van der Waals surface area contributed by atoms with E-state index in [9.17, 15) is 13.2 Å². The van der Waals surface area contributed by atoms with Crippen LogP contribution in [0.3, 0.4) is 0 Å². The van der Waals surface area contributed by atoms with Crippen molar-refractivity contribution in [2.24, 2.45) is 5.92 Å². The number of ether oxygens (including phenoxy) is 1. The molecular formula is C15H24N7O5S+. The van der Waals surface area contributed by atoms with E-state index in [1.165, 1.54) is 12.7 Å². The zero-order chi connectivity index (χ0) is 20.5. The number of anilines is 1. The van der Waals surface area contributed by atoms with Crippen molar-refractivity contribution in [1.82, 2.24) is 24.2 Å². The van der Waals surface area contributed by atoms with E-state index in [1.807, 2.05) is 18.6 Å². The van der Waals surface area contributed by atoms with Crippen molar-refractivity contribution < 1.29 is 27.9 Å². The Labute approximate surface area is 161 Å². The molecule has 0 unspecified atom stereocenters. The Morgan fingerprint density at radius 2 is 2.21 bits per heavy atom. The van der Waals surface area contributed by atoms with E-state index in [0.29, 0.717) is 30.4 Å². The molecule has 2 aromatic heterocycles. The molecule has 2 aromatic rings. The van der Waals surface area contributed by atoms with Crippen LogP contribution < -0.4 is 16.2 Å². The van der Waals surface area contributed by atoms with Crippen molar-refractivity contribution in [3.8, 4) is 0 Å². The second kappa shape index (κ2) is 7.95. The minimum atomic E-state index is -4.33. The fourth-order valence-electron chi connectivity index (χ4n) is 2.85. The predicted molar refractivity (Wildman–Crippen MR) is 97.2 cm³/mol. The van der Waals surface area contributed by atoms with E-state index in [-0.39, 0.29) is 11.7 Å². The monoisotopic (exact) mass is 414 g/mol. The molecule has 3 heterocycles. The van der Waals surface area contributed by atoms with Crippen LogP contribution in [0.4, 0.5) is 5.82 Å². The lowest BCUT2D eigenvalue weighted by Gasteiger charge is -2.17. The summed E-state index contributed by atoms with van der Waals surface area (Å²) in [5, 5.41) is 0. The summed E-state index contributed by atoms with van der Waals surface area (Å²) in [5.74, 6) is -0.535. The number of hydrogen-bond acceptors (Lipinski definition) is 9. The number of nitrogen functional groups attached to an aromatic ring is 1. The molecule has 0 saturated carbocycles. The summed E-state index contributed by atoms with van der Waals surface area (Å²) in [5.41, 5.74) is 10.4. The molecule has 154 valence electrons. The van der Waals surface area contributed by atoms with E-state index < -0.39 is 34.8 Å². The van der Waals surface area contributed by atoms with Crippen molar-refractivity contribution >= 4 is 33.2 Å². The van der Waals surface area contributed by atoms with Crippen LogP contribution in [0, 0.1) is 5.92 Å². The third-order valence-electron chi connectivity index (χ3n) is 4.78. The summed E-state index contributed by atoms with van der Waals surface area (Å²) >= 11 is 0. The van der Waals surface area contributed by atoms with Crippen LogP contribution in [-0.4, -0.2) is 46.2 Å². The molecule has 1 aliphatic rings. The van der Waals surface area contributed by atoms with Crippen molar-refractivity contribution in [2.75, 3.05) is 5.73 Å². The Balaban J connectivity index is 1.64. The van der Waals surface area contributed by atoms with Crippen molar-refractivity contribution in [2.45, 2.75) is 51.7 Å². The van der Waals surface area contributed by atoms with Gasteiger partial charge in [-0.05, 0) is 12.8 Å². The number of fused-ring (bicyclic) bond motifs is 1. The Morgan fingerprint density at radius 3 is 2.93 bits per heavy atom. The maximum absolute atomic E-state index is 12.1. The van der Waals surface area contributed by atoms with Gasteiger partial charge in [0.2, 0.25) is 0 Å². The summed E-state index contributed by atoms with van der Waals surface area (Å²) in [4.78, 5) is 24.2. The van der Waals surface area contributed by atoms with Crippen LogP contribution in [0.25, 0.3) is 11.2 Å². The van der Waals surface area contributed by atoms with Gasteiger partial charge in [-0.25, -0.2) is 23.9 Å². The lowest BCUT2D eigenvalue weighted by Crippen LogP contribution is -2.70. The Hall–Kier alpha value is -2.35. The van der Waals surface area contributed by atoms with Gasteiger partial charge in [-0.1, -0.05) is 13.8 Å². The molecule has 0 aliphatic carbocycles. The molecule has 1 aliphatic heterocycles. The lowest BCUT2D eigenvalue weighted by atomic mass is 10.00. The molecule has 4 atom stereocenters. The summed E-state index contributed by atoms with van der Waals surface area (Å²) in [7, 11) is -4.33. The smallest absolute Gasteiger partial charge is 0.364 e. The third-order valence-corrected chi connectivity index (χ3v) is 5.70. The molecule has 13 heteroatoms. The predicted octanol–water partition coefficient (Wildman–Crippen LogP) is -0.922. The molecule has 6 N–H and O–H groups in total. The Kier molecular flexibility index (Phi) is 5.79. The minimum absolute atomic E-state index is 0.0636. The zero-order valence-corrected chi connectivity index (χ0v) is 16.4. The van der Waals surface area contributed by atoms with Crippen LogP contribution in [0.1, 0.15) is 39.3 Å². The third kappa shape index (κ3) is 4.22. The van der Waals surface area contributed by atoms with Gasteiger partial charge < -0.3 is 16.2 Å². The van der Waals surface area contributed by atoms with E-state index in [0.717, 1.165) is 0 Å². The molecule has 1 saturated heterocycles. The molecule has 1 amide bonds. The SMILES string of the molecule is CC[C@H](C)[C@H]([NH3+])C(=O)NS(=O)(=O)O[C@@H]1CC[C@H](n2cnc3c(N)ncnc32)O1. The largest absolute Gasteiger partial charge is 0.382 e. The van der Waals surface area contributed by atoms with Gasteiger partial charge in [-0.2, -0.15) is 8.42 Å². The standard InChI is InChI=1S/C15H23N7O5S/c1-3-8(2)11(16)15(23)21-28(24,25)27-10-5-4-9(26-10)22-7-20-12-13(17)18-6-19-14(12)22/h6-11H,3-5,16H2,1-2H3,(H,21,23)(H2,17,18,19)/p+1/t8-,9+,10+,11-/m0/s1. The number of hydrogen-bond donors (Lipinski definition) is 3. The van der Waals surface area contributed by atoms with E-state index in [2.05, 4.69) is 20.7 Å². The second-order valence-corrected chi connectivity index (χ2v) is 7.99. The zero-order valence-electron chi connectivity index (χ0n) is 15.6. The number of nitrogens with two attached hydrogens (primary N) is 1. The minimum Gasteiger partial charge on any atom is -0.382 e. The Bertz CT molecular complexity index is 963. The van der Waals surface area contributed by atoms with Crippen LogP contribution in [-0.2, 0) is 24.0 Å². The summed E-state index contributed by atoms with van der Waals surface area (Å²) in [6.45, 7) is 3.72. The van der Waals surface area contributed by atoms with Gasteiger partial charge in [0, 0.05) is 12.3 Å². The number of rotatable bonds is 7. The maximum Gasteiger partial charge on any atom is 0.364 e. The highest BCUT2D eigenvalue weighted by Crippen LogP contribution is 2.32. The van der Waals surface area contributed by atoms with Crippen LogP contribution >= 0.6 is 0 Å². The highest BCUT2D eigenvalue weighted by Gasteiger charge is 2.34. The van der Waals surface area contributed by atoms with Crippen LogP contribution in [0.5, 0.6) is 0 Å². The quantitative estimate of drug-likeness (QED) is 0.516. The normalized spacial score (nSPS) is 22.2. The van der Waals surface area contributed by atoms with Crippen LogP contribution in [0.15, 0.2) is 12.7 Å². The average Bonchev–Trinajstić information content (AvgIpc) is 3.26. The van der Waals surface area contributed by atoms with Crippen molar-refractivity contribution in [3.63, 3.8) is 0 Å². The molecule has 0 radical (unpaired) electrons. The fraction of sp³-hybridized carbons (Fsp3) is 0.600. The average molecular weight is 414 g/mol. The summed E-state index contributed by atoms with van der Waals surface area (Å²) < 4.78 is 38.5. The van der Waals surface area contributed by atoms with E-state index >= 15 is 0 Å². The number of amides is 1. The molecule has 12 nitrogen and oxygen atoms in total. The van der Waals surface area contributed by atoms with Gasteiger partial charge in [0.25, 0.3) is 5.91 Å². The number of aromatic nitrogens is 4. The van der Waals surface area contributed by atoms with E-state index in [1.54, 1.807) is 4.57 Å². The topological polar surface area (TPSA) is 179 Å². The highest BCUT2D eigenvalue weighted by atomic mass is 32.2. The summed E-state index contributed by atoms with van der Waals surface area (Å²) in [6, 6.07) is -0.705. The lowest BCUT2D eigenvalue weighted by molar-refractivity contribution is -0.415. The molecule has 3 rings (SSSR count). The first-order valence-electron chi connectivity index (χ1n) is 8.88. The number of quaternary nitrogens is 1. The molecule has 1 fully saturated rings. The molecular weight excluding hydrogens is 390 g/mol. The summed E-state index contributed by atoms with van der Waals surface area (Å²) in [6.07, 6.45) is 2.70. The van der Waals surface area contributed by atoms with Gasteiger partial charge in [0.15, 0.2) is 23.8 Å². The highest BCUT2D eigenvalue weighted by molar-refractivity contribution is 7.85. The number of imidazole rings is 1. The number of carbonyl (C=O) groups is 1. The first-order chi connectivity index (χ1) is 13.2. The number of carbonyl (C=O) groups excluding carboxylic acids is 1. The number of nitrogens with one attached hydrogen (secondary N) is 1. The van der Waals surface area contributed by atoms with Crippen molar-refractivity contribution in [1.29, 1.82) is 0 Å². The van der Waals surface area contributed by atoms with Gasteiger partial charge in [0.05, 0.1) is 6.33 Å².